The average Bonchev–Trinajstić information content (AvgIpc) is 2.13. The maximum Gasteiger partial charge on any atom is 0.163 e. The Labute approximate surface area is 86.5 Å². The predicted molar refractivity (Wildman–Crippen MR) is 51.2 cm³/mol. The van der Waals surface area contributed by atoms with Crippen molar-refractivity contribution >= 4 is 12.4 Å². The SMILES string of the molecule is Cc1ccc([C@H](N)CF)c(F)c1F.Cl. The molecular weight excluding hydrogens is 215 g/mol. The van der Waals surface area contributed by atoms with Crippen LogP contribution in [-0.4, -0.2) is 6.67 Å². The Bertz CT molecular complexity index is 317. The minimum absolute atomic E-state index is 0. The molecule has 0 unspecified atom stereocenters. The molecule has 1 atom stereocenters. The fourth-order valence-corrected chi connectivity index (χ4v) is 1.03. The van der Waals surface area contributed by atoms with Crippen molar-refractivity contribution in [3.8, 4) is 0 Å². The maximum atomic E-state index is 13.1. The Morgan fingerprint density at radius 2 is 1.86 bits per heavy atom. The van der Waals surface area contributed by atoms with Crippen LogP contribution in [0.15, 0.2) is 12.1 Å². The van der Waals surface area contributed by atoms with E-state index in [0.29, 0.717) is 0 Å². The van der Waals surface area contributed by atoms with Gasteiger partial charge in [0.1, 0.15) is 6.67 Å². The summed E-state index contributed by atoms with van der Waals surface area (Å²) in [5, 5.41) is 0. The lowest BCUT2D eigenvalue weighted by Crippen LogP contribution is -2.15. The van der Waals surface area contributed by atoms with Crippen LogP contribution >= 0.6 is 12.4 Å². The number of alkyl halides is 1. The van der Waals surface area contributed by atoms with E-state index in [-0.39, 0.29) is 23.5 Å². The van der Waals surface area contributed by atoms with Gasteiger partial charge in [-0.15, -0.1) is 12.4 Å². The number of halogens is 4. The molecule has 5 heteroatoms. The standard InChI is InChI=1S/C9H10F3N.ClH/c1-5-2-3-6(7(13)4-10)9(12)8(5)11;/h2-3,7H,4,13H2,1H3;1H/t7-;/m1./s1. The molecule has 1 rings (SSSR count). The molecular formula is C9H11ClF3N. The molecule has 0 fully saturated rings. The van der Waals surface area contributed by atoms with Crippen LogP contribution in [0.1, 0.15) is 17.2 Å². The van der Waals surface area contributed by atoms with E-state index in [1.165, 1.54) is 19.1 Å². The molecule has 0 aliphatic heterocycles. The molecule has 0 radical (unpaired) electrons. The fraction of sp³-hybridized carbons (Fsp3) is 0.333. The minimum Gasteiger partial charge on any atom is -0.322 e. The molecule has 0 saturated carbocycles. The Morgan fingerprint density at radius 3 is 2.36 bits per heavy atom. The third-order valence-electron chi connectivity index (χ3n) is 1.87. The highest BCUT2D eigenvalue weighted by Crippen LogP contribution is 2.20. The quantitative estimate of drug-likeness (QED) is 0.823. The smallest absolute Gasteiger partial charge is 0.163 e. The van der Waals surface area contributed by atoms with Crippen LogP contribution < -0.4 is 5.73 Å². The van der Waals surface area contributed by atoms with E-state index in [1.54, 1.807) is 0 Å². The topological polar surface area (TPSA) is 26.0 Å². The molecule has 0 bridgehead atoms. The van der Waals surface area contributed by atoms with Crippen molar-refractivity contribution in [3.63, 3.8) is 0 Å². The van der Waals surface area contributed by atoms with Gasteiger partial charge in [-0.25, -0.2) is 13.2 Å². The first-order valence-electron chi connectivity index (χ1n) is 3.84. The number of aryl methyl sites for hydroxylation is 1. The Kier molecular flexibility index (Phi) is 4.94. The van der Waals surface area contributed by atoms with Crippen molar-refractivity contribution in [2.24, 2.45) is 5.73 Å². The molecule has 1 nitrogen and oxygen atoms in total. The average molecular weight is 226 g/mol. The van der Waals surface area contributed by atoms with Gasteiger partial charge >= 0.3 is 0 Å². The third-order valence-corrected chi connectivity index (χ3v) is 1.87. The van der Waals surface area contributed by atoms with Crippen molar-refractivity contribution in [2.45, 2.75) is 13.0 Å². The maximum absolute atomic E-state index is 13.1. The fourth-order valence-electron chi connectivity index (χ4n) is 1.03. The van der Waals surface area contributed by atoms with Gasteiger partial charge in [-0.05, 0) is 12.5 Å². The molecule has 0 spiro atoms. The molecule has 2 N–H and O–H groups in total. The van der Waals surface area contributed by atoms with E-state index in [1.807, 2.05) is 0 Å². The molecule has 0 saturated heterocycles. The summed E-state index contributed by atoms with van der Waals surface area (Å²) >= 11 is 0. The van der Waals surface area contributed by atoms with Crippen molar-refractivity contribution < 1.29 is 13.2 Å². The van der Waals surface area contributed by atoms with Crippen molar-refractivity contribution in [1.82, 2.24) is 0 Å². The normalized spacial score (nSPS) is 12.1. The third kappa shape index (κ3) is 2.39. The first-order valence-corrected chi connectivity index (χ1v) is 3.84. The van der Waals surface area contributed by atoms with E-state index in [2.05, 4.69) is 0 Å². The molecule has 80 valence electrons. The highest BCUT2D eigenvalue weighted by Gasteiger charge is 2.15. The molecule has 1 aromatic rings. The first kappa shape index (κ1) is 13.3. The lowest BCUT2D eigenvalue weighted by atomic mass is 10.1. The van der Waals surface area contributed by atoms with E-state index < -0.39 is 24.4 Å². The lowest BCUT2D eigenvalue weighted by Gasteiger charge is -2.09. The summed E-state index contributed by atoms with van der Waals surface area (Å²) < 4.78 is 38.1. The molecule has 1 aromatic carbocycles. The summed E-state index contributed by atoms with van der Waals surface area (Å²) in [6.07, 6.45) is 0. The van der Waals surface area contributed by atoms with Gasteiger partial charge in [0.05, 0.1) is 6.04 Å². The van der Waals surface area contributed by atoms with Crippen LogP contribution in [0.3, 0.4) is 0 Å². The summed E-state index contributed by atoms with van der Waals surface area (Å²) in [7, 11) is 0. The Balaban J connectivity index is 0.00000169. The van der Waals surface area contributed by atoms with Crippen LogP contribution in [0.2, 0.25) is 0 Å². The zero-order chi connectivity index (χ0) is 10.0. The summed E-state index contributed by atoms with van der Waals surface area (Å²) in [6, 6.07) is 1.59. The van der Waals surface area contributed by atoms with Crippen molar-refractivity contribution in [2.75, 3.05) is 6.67 Å². The van der Waals surface area contributed by atoms with E-state index >= 15 is 0 Å². The molecule has 0 aliphatic rings. The van der Waals surface area contributed by atoms with Crippen LogP contribution in [0.5, 0.6) is 0 Å². The van der Waals surface area contributed by atoms with Crippen molar-refractivity contribution in [1.29, 1.82) is 0 Å². The summed E-state index contributed by atoms with van der Waals surface area (Å²) in [6.45, 7) is 0.530. The van der Waals surface area contributed by atoms with Gasteiger partial charge in [-0.1, -0.05) is 12.1 Å². The monoisotopic (exact) mass is 225 g/mol. The zero-order valence-electron chi connectivity index (χ0n) is 7.56. The van der Waals surface area contributed by atoms with E-state index in [4.69, 9.17) is 5.73 Å². The van der Waals surface area contributed by atoms with Gasteiger partial charge < -0.3 is 5.73 Å². The van der Waals surface area contributed by atoms with Crippen LogP contribution in [0, 0.1) is 18.6 Å². The van der Waals surface area contributed by atoms with Gasteiger partial charge in [0.15, 0.2) is 11.6 Å². The zero-order valence-corrected chi connectivity index (χ0v) is 8.38. The number of hydrogen-bond donors (Lipinski definition) is 1. The second-order valence-electron chi connectivity index (χ2n) is 2.86. The van der Waals surface area contributed by atoms with Gasteiger partial charge in [0.25, 0.3) is 0 Å². The summed E-state index contributed by atoms with van der Waals surface area (Å²) in [4.78, 5) is 0. The minimum atomic E-state index is -1.09. The largest absolute Gasteiger partial charge is 0.322 e. The highest BCUT2D eigenvalue weighted by molar-refractivity contribution is 5.85. The Hall–Kier alpha value is -0.740. The molecule has 14 heavy (non-hydrogen) atoms. The van der Waals surface area contributed by atoms with E-state index in [9.17, 15) is 13.2 Å². The summed E-state index contributed by atoms with van der Waals surface area (Å²) in [5.74, 6) is -2.01. The predicted octanol–water partition coefficient (Wildman–Crippen LogP) is 2.66. The van der Waals surface area contributed by atoms with Crippen molar-refractivity contribution in [3.05, 3.63) is 34.9 Å². The number of benzene rings is 1. The van der Waals surface area contributed by atoms with Gasteiger partial charge in [-0.3, -0.25) is 0 Å². The molecule has 0 aromatic heterocycles. The molecule has 0 aliphatic carbocycles. The number of rotatable bonds is 2. The number of nitrogens with two attached hydrogens (primary N) is 1. The lowest BCUT2D eigenvalue weighted by molar-refractivity contribution is 0.416. The van der Waals surface area contributed by atoms with Crippen LogP contribution in [0.25, 0.3) is 0 Å². The molecule has 0 heterocycles. The number of hydrogen-bond acceptors (Lipinski definition) is 1. The summed E-state index contributed by atoms with van der Waals surface area (Å²) in [5.41, 5.74) is 5.30. The highest BCUT2D eigenvalue weighted by atomic mass is 35.5. The van der Waals surface area contributed by atoms with Crippen LogP contribution in [0.4, 0.5) is 13.2 Å². The van der Waals surface area contributed by atoms with Gasteiger partial charge in [-0.2, -0.15) is 0 Å². The van der Waals surface area contributed by atoms with Gasteiger partial charge in [0, 0.05) is 5.56 Å². The van der Waals surface area contributed by atoms with Crippen LogP contribution in [-0.2, 0) is 0 Å². The van der Waals surface area contributed by atoms with E-state index in [0.717, 1.165) is 0 Å². The first-order chi connectivity index (χ1) is 6.07. The second-order valence-corrected chi connectivity index (χ2v) is 2.86. The Morgan fingerprint density at radius 1 is 1.29 bits per heavy atom. The van der Waals surface area contributed by atoms with Gasteiger partial charge in [0.2, 0.25) is 0 Å². The molecule has 0 amide bonds. The second kappa shape index (κ2) is 5.22.